The first kappa shape index (κ1) is 46.9. The van der Waals surface area contributed by atoms with Crippen LogP contribution in [0.15, 0.2) is 0 Å². The topological polar surface area (TPSA) is 96.9 Å². The number of epoxide rings is 2. The Morgan fingerprint density at radius 3 is 1.04 bits per heavy atom. The fraction of sp³-hybridized carbons (Fsp3) is 1.00. The number of aliphatic hydroxyl groups excluding tert-OH is 2. The molecular formula is C30H50F12N4O6. The molecule has 2 saturated heterocycles. The molecule has 2 aliphatic rings. The van der Waals surface area contributed by atoms with Crippen LogP contribution in [0.1, 0.15) is 51.4 Å². The molecule has 0 aromatic carbocycles. The molecule has 2 aliphatic heterocycles. The molecule has 0 aromatic heterocycles. The zero-order chi connectivity index (χ0) is 39.3. The summed E-state index contributed by atoms with van der Waals surface area (Å²) >= 11 is 0. The molecule has 0 spiro atoms. The highest BCUT2D eigenvalue weighted by molar-refractivity contribution is 4.92. The number of halogens is 12. The van der Waals surface area contributed by atoms with Crippen LogP contribution < -0.4 is 0 Å². The number of aliphatic hydroxyl groups is 2. The highest BCUT2D eigenvalue weighted by atomic mass is 19.4. The second-order valence-electron chi connectivity index (χ2n) is 12.8. The van der Waals surface area contributed by atoms with Crippen molar-refractivity contribution in [1.29, 1.82) is 0 Å². The lowest BCUT2D eigenvalue weighted by atomic mass is 10.2. The van der Waals surface area contributed by atoms with E-state index in [4.69, 9.17) is 18.9 Å². The standard InChI is InChI=1S/C30H50F12N4O6/c1-49-19-7-5-11-43(23-21(51-23)27(31,32)33)15-9-17-45(25(47)29(37,38)39)13-3-4-14-46(26(48)30(40,41)42)18-10-16-44(12-6-8-20-50-2)24-22(52-24)28(34,35)36/h21-26,47-48H,3-20H2,1-2H3. The van der Waals surface area contributed by atoms with Crippen LogP contribution >= 0.6 is 0 Å². The summed E-state index contributed by atoms with van der Waals surface area (Å²) in [7, 11) is 2.89. The zero-order valence-corrected chi connectivity index (χ0v) is 29.0. The maximum absolute atomic E-state index is 13.5. The molecule has 0 radical (unpaired) electrons. The smallest absolute Gasteiger partial charge is 0.385 e. The van der Waals surface area contributed by atoms with E-state index in [1.807, 2.05) is 0 Å². The third kappa shape index (κ3) is 16.6. The zero-order valence-electron chi connectivity index (χ0n) is 29.0. The van der Waals surface area contributed by atoms with Gasteiger partial charge in [0.1, 0.15) is 12.5 Å². The van der Waals surface area contributed by atoms with Crippen molar-refractivity contribution in [3.05, 3.63) is 0 Å². The third-order valence-electron chi connectivity index (χ3n) is 8.59. The number of alkyl halides is 12. The van der Waals surface area contributed by atoms with Crippen LogP contribution in [0.4, 0.5) is 52.7 Å². The summed E-state index contributed by atoms with van der Waals surface area (Å²) in [5.41, 5.74) is 0. The van der Waals surface area contributed by atoms with Crippen molar-refractivity contribution >= 4 is 0 Å². The molecule has 2 N–H and O–H groups in total. The van der Waals surface area contributed by atoms with Gasteiger partial charge in [-0.1, -0.05) is 0 Å². The molecule has 6 unspecified atom stereocenters. The maximum atomic E-state index is 13.5. The van der Waals surface area contributed by atoms with Gasteiger partial charge in [-0.25, -0.2) is 0 Å². The summed E-state index contributed by atoms with van der Waals surface area (Å²) in [5.74, 6) is 0. The Bertz CT molecular complexity index is 918. The molecule has 0 amide bonds. The molecule has 2 fully saturated rings. The predicted octanol–water partition coefficient (Wildman–Crippen LogP) is 4.94. The second kappa shape index (κ2) is 21.2. The van der Waals surface area contributed by atoms with Gasteiger partial charge in [0.05, 0.1) is 0 Å². The monoisotopic (exact) mass is 790 g/mol. The molecule has 52 heavy (non-hydrogen) atoms. The first-order chi connectivity index (χ1) is 24.1. The Morgan fingerprint density at radius 2 is 0.769 bits per heavy atom. The molecule has 0 bridgehead atoms. The average Bonchev–Trinajstić information content (AvgIpc) is 3.95. The van der Waals surface area contributed by atoms with E-state index < -0.39 is 88.0 Å². The molecule has 22 heteroatoms. The van der Waals surface area contributed by atoms with Crippen LogP contribution in [0.3, 0.4) is 0 Å². The van der Waals surface area contributed by atoms with E-state index in [9.17, 15) is 62.9 Å². The van der Waals surface area contributed by atoms with Crippen molar-refractivity contribution < 1.29 is 81.8 Å². The van der Waals surface area contributed by atoms with Gasteiger partial charge in [-0.3, -0.25) is 19.6 Å². The summed E-state index contributed by atoms with van der Waals surface area (Å²) in [5, 5.41) is 19.9. The van der Waals surface area contributed by atoms with E-state index in [2.05, 4.69) is 0 Å². The number of methoxy groups -OCH3 is 2. The van der Waals surface area contributed by atoms with Crippen LogP contribution in [0, 0.1) is 0 Å². The number of unbranched alkanes of at least 4 members (excludes halogenated alkanes) is 3. The Hall–Kier alpha value is -1.24. The molecule has 0 aliphatic carbocycles. The largest absolute Gasteiger partial charge is 0.428 e. The first-order valence-electron chi connectivity index (χ1n) is 17.0. The van der Waals surface area contributed by atoms with E-state index in [0.29, 0.717) is 48.7 Å². The second-order valence-corrected chi connectivity index (χ2v) is 12.8. The van der Waals surface area contributed by atoms with Crippen molar-refractivity contribution in [2.75, 3.05) is 79.8 Å². The van der Waals surface area contributed by atoms with Crippen molar-refractivity contribution in [2.45, 2.75) is 113 Å². The Kier molecular flexibility index (Phi) is 19.1. The summed E-state index contributed by atoms with van der Waals surface area (Å²) in [6, 6.07) is 0. The minimum Gasteiger partial charge on any atom is -0.385 e. The van der Waals surface area contributed by atoms with Gasteiger partial charge in [0, 0.05) is 79.8 Å². The van der Waals surface area contributed by atoms with Gasteiger partial charge in [-0.05, 0) is 51.4 Å². The van der Waals surface area contributed by atoms with E-state index in [1.54, 1.807) is 0 Å². The van der Waals surface area contributed by atoms with Gasteiger partial charge in [0.15, 0.2) is 12.2 Å². The van der Waals surface area contributed by atoms with Gasteiger partial charge >= 0.3 is 24.7 Å². The summed E-state index contributed by atoms with van der Waals surface area (Å²) in [6.07, 6.45) is -30.8. The van der Waals surface area contributed by atoms with Crippen LogP contribution in [-0.4, -0.2) is 171 Å². The van der Waals surface area contributed by atoms with Gasteiger partial charge in [-0.2, -0.15) is 52.7 Å². The molecule has 2 rings (SSSR count). The molecule has 6 atom stereocenters. The van der Waals surface area contributed by atoms with E-state index in [0.717, 1.165) is 0 Å². The van der Waals surface area contributed by atoms with Crippen molar-refractivity contribution in [3.63, 3.8) is 0 Å². The van der Waals surface area contributed by atoms with E-state index in [1.165, 1.54) is 24.0 Å². The summed E-state index contributed by atoms with van der Waals surface area (Å²) in [4.78, 5) is 3.94. The van der Waals surface area contributed by atoms with Crippen molar-refractivity contribution in [1.82, 2.24) is 19.6 Å². The third-order valence-corrected chi connectivity index (χ3v) is 8.59. The van der Waals surface area contributed by atoms with E-state index >= 15 is 0 Å². The molecule has 0 saturated carbocycles. The number of hydrogen-bond donors (Lipinski definition) is 2. The first-order valence-corrected chi connectivity index (χ1v) is 17.0. The molecule has 310 valence electrons. The van der Waals surface area contributed by atoms with Crippen molar-refractivity contribution in [3.8, 4) is 0 Å². The Labute approximate surface area is 294 Å². The normalized spacial score (nSPS) is 22.6. The quantitative estimate of drug-likeness (QED) is 0.0516. The number of rotatable bonds is 27. The number of hydrogen-bond acceptors (Lipinski definition) is 10. The van der Waals surface area contributed by atoms with Crippen LogP contribution in [0.5, 0.6) is 0 Å². The summed E-state index contributed by atoms with van der Waals surface area (Å²) < 4.78 is 179. The molecular weight excluding hydrogens is 740 g/mol. The maximum Gasteiger partial charge on any atom is 0.428 e. The summed E-state index contributed by atoms with van der Waals surface area (Å²) in [6.45, 7) is -0.986. The lowest BCUT2D eigenvalue weighted by Gasteiger charge is -2.32. The number of ether oxygens (including phenoxy) is 4. The molecule has 0 aromatic rings. The van der Waals surface area contributed by atoms with Crippen molar-refractivity contribution in [2.24, 2.45) is 0 Å². The van der Waals surface area contributed by atoms with Gasteiger partial charge in [-0.15, -0.1) is 0 Å². The predicted molar refractivity (Wildman–Crippen MR) is 161 cm³/mol. The average molecular weight is 791 g/mol. The Balaban J connectivity index is 1.98. The lowest BCUT2D eigenvalue weighted by molar-refractivity contribution is -0.252. The lowest BCUT2D eigenvalue weighted by Crippen LogP contribution is -2.48. The SMILES string of the molecule is COCCCCN(CCCN(CCCCN(CCCN(CCCCOC)C1OC1C(F)(F)F)C(O)C(F)(F)F)C(O)C(F)(F)F)C1OC1C(F)(F)F. The highest BCUT2D eigenvalue weighted by Gasteiger charge is 2.61. The number of nitrogens with zero attached hydrogens (tertiary/aromatic N) is 4. The van der Waals surface area contributed by atoms with Crippen LogP contribution in [-0.2, 0) is 18.9 Å². The van der Waals surface area contributed by atoms with Gasteiger partial charge in [0.25, 0.3) is 0 Å². The Morgan fingerprint density at radius 1 is 0.481 bits per heavy atom. The van der Waals surface area contributed by atoms with Gasteiger partial charge < -0.3 is 29.2 Å². The fourth-order valence-corrected chi connectivity index (χ4v) is 5.81. The van der Waals surface area contributed by atoms with Crippen LogP contribution in [0.25, 0.3) is 0 Å². The highest BCUT2D eigenvalue weighted by Crippen LogP contribution is 2.41. The minimum atomic E-state index is -5.11. The van der Waals surface area contributed by atoms with Crippen LogP contribution in [0.2, 0.25) is 0 Å². The van der Waals surface area contributed by atoms with E-state index in [-0.39, 0.29) is 51.9 Å². The molecule has 10 nitrogen and oxygen atoms in total. The van der Waals surface area contributed by atoms with Gasteiger partial charge in [0.2, 0.25) is 12.5 Å². The minimum absolute atomic E-state index is 0.101. The fourth-order valence-electron chi connectivity index (χ4n) is 5.81. The molecule has 2 heterocycles.